The Hall–Kier alpha value is -1.55. The maximum atomic E-state index is 11.5. The second-order valence-corrected chi connectivity index (χ2v) is 5.61. The average molecular weight is 260 g/mol. The lowest BCUT2D eigenvalue weighted by Gasteiger charge is -2.40. The minimum atomic E-state index is -0.316. The van der Waals surface area contributed by atoms with E-state index in [9.17, 15) is 4.79 Å². The highest BCUT2D eigenvalue weighted by Crippen LogP contribution is 2.35. The first kappa shape index (κ1) is 12.5. The fourth-order valence-corrected chi connectivity index (χ4v) is 2.99. The quantitative estimate of drug-likeness (QED) is 0.772. The third kappa shape index (κ3) is 2.21. The summed E-state index contributed by atoms with van der Waals surface area (Å²) in [5.41, 5.74) is 2.15. The van der Waals surface area contributed by atoms with Gasteiger partial charge in [0.15, 0.2) is 0 Å². The molecule has 0 N–H and O–H groups in total. The van der Waals surface area contributed by atoms with Crippen molar-refractivity contribution in [1.82, 2.24) is 0 Å². The molecule has 2 aliphatic rings. The van der Waals surface area contributed by atoms with Crippen molar-refractivity contribution in [3.8, 4) is 0 Å². The van der Waals surface area contributed by atoms with E-state index in [0.29, 0.717) is 13.2 Å². The number of ether oxygens (including phenoxy) is 1. The van der Waals surface area contributed by atoms with Crippen LogP contribution in [0.2, 0.25) is 0 Å². The van der Waals surface area contributed by atoms with Gasteiger partial charge in [-0.2, -0.15) is 0 Å². The molecule has 0 radical (unpaired) electrons. The lowest BCUT2D eigenvalue weighted by Crippen LogP contribution is -2.46. The van der Waals surface area contributed by atoms with Crippen molar-refractivity contribution in [1.29, 1.82) is 0 Å². The van der Waals surface area contributed by atoms with E-state index in [1.807, 2.05) is 0 Å². The zero-order chi connectivity index (χ0) is 13.3. The van der Waals surface area contributed by atoms with Crippen LogP contribution in [0.25, 0.3) is 0 Å². The molecule has 0 spiro atoms. The van der Waals surface area contributed by atoms with E-state index in [-0.39, 0.29) is 5.41 Å². The topological polar surface area (TPSA) is 32.8 Å². The van der Waals surface area contributed by atoms with Gasteiger partial charge in [-0.15, -0.1) is 0 Å². The van der Waals surface area contributed by atoms with E-state index in [1.165, 1.54) is 11.4 Å². The standard InChI is InChI=1S/C15H20N2O2/c1-16-7-8-17(14-5-3-2-4-13(14)16)10-15(11-18)6-9-19-12-15/h2-5,11H,6-10,12H2,1H3. The van der Waals surface area contributed by atoms with Crippen molar-refractivity contribution in [2.75, 3.05) is 49.7 Å². The molecule has 1 fully saturated rings. The fourth-order valence-electron chi connectivity index (χ4n) is 2.99. The number of hydrogen-bond acceptors (Lipinski definition) is 4. The Kier molecular flexibility index (Phi) is 3.19. The normalized spacial score (nSPS) is 26.4. The van der Waals surface area contributed by atoms with Gasteiger partial charge in [-0.1, -0.05) is 12.1 Å². The minimum absolute atomic E-state index is 0.316. The summed E-state index contributed by atoms with van der Waals surface area (Å²) in [5.74, 6) is 0. The van der Waals surface area contributed by atoms with Crippen LogP contribution in [0.3, 0.4) is 0 Å². The minimum Gasteiger partial charge on any atom is -0.380 e. The van der Waals surface area contributed by atoms with Gasteiger partial charge >= 0.3 is 0 Å². The van der Waals surface area contributed by atoms with Gasteiger partial charge in [0.05, 0.1) is 23.4 Å². The molecule has 4 heteroatoms. The fraction of sp³-hybridized carbons (Fsp3) is 0.533. The summed E-state index contributed by atoms with van der Waals surface area (Å²) < 4.78 is 5.43. The number of hydrogen-bond donors (Lipinski definition) is 0. The van der Waals surface area contributed by atoms with Crippen molar-refractivity contribution in [2.45, 2.75) is 6.42 Å². The van der Waals surface area contributed by atoms with E-state index in [2.05, 4.69) is 41.1 Å². The van der Waals surface area contributed by atoms with Crippen molar-refractivity contribution in [3.05, 3.63) is 24.3 Å². The Labute approximate surface area is 113 Å². The molecule has 0 bridgehead atoms. The van der Waals surface area contributed by atoms with Crippen molar-refractivity contribution >= 4 is 17.7 Å². The van der Waals surface area contributed by atoms with Crippen molar-refractivity contribution in [3.63, 3.8) is 0 Å². The summed E-state index contributed by atoms with van der Waals surface area (Å²) in [5, 5.41) is 0. The first-order valence-corrected chi connectivity index (χ1v) is 6.83. The van der Waals surface area contributed by atoms with E-state index in [4.69, 9.17) is 4.74 Å². The van der Waals surface area contributed by atoms with Crippen molar-refractivity contribution < 1.29 is 9.53 Å². The summed E-state index contributed by atoms with van der Waals surface area (Å²) in [6, 6.07) is 8.40. The monoisotopic (exact) mass is 260 g/mol. The van der Waals surface area contributed by atoms with Gasteiger partial charge in [0.1, 0.15) is 6.29 Å². The first-order valence-electron chi connectivity index (χ1n) is 6.83. The van der Waals surface area contributed by atoms with Gasteiger partial charge < -0.3 is 19.3 Å². The first-order chi connectivity index (χ1) is 9.24. The van der Waals surface area contributed by atoms with Crippen LogP contribution in [0, 0.1) is 5.41 Å². The second kappa shape index (κ2) is 4.85. The second-order valence-electron chi connectivity index (χ2n) is 5.61. The predicted molar refractivity (Wildman–Crippen MR) is 75.9 cm³/mol. The van der Waals surface area contributed by atoms with Crippen LogP contribution in [-0.2, 0) is 9.53 Å². The number of para-hydroxylation sites is 2. The molecule has 0 aliphatic carbocycles. The number of benzene rings is 1. The van der Waals surface area contributed by atoms with Crippen LogP contribution in [0.4, 0.5) is 11.4 Å². The van der Waals surface area contributed by atoms with Crippen LogP contribution in [0.15, 0.2) is 24.3 Å². The summed E-state index contributed by atoms with van der Waals surface area (Å²) >= 11 is 0. The molecule has 0 aromatic heterocycles. The van der Waals surface area contributed by atoms with Crippen LogP contribution in [0.5, 0.6) is 0 Å². The van der Waals surface area contributed by atoms with E-state index in [1.54, 1.807) is 0 Å². The summed E-state index contributed by atoms with van der Waals surface area (Å²) in [4.78, 5) is 16.1. The SMILES string of the molecule is CN1CCN(CC2(C=O)CCOC2)c2ccccc21. The summed E-state index contributed by atoms with van der Waals surface area (Å²) in [6.45, 7) is 3.98. The number of likely N-dealkylation sites (N-methyl/N-ethyl adjacent to an activating group) is 1. The predicted octanol–water partition coefficient (Wildman–Crippen LogP) is 1.55. The number of carbonyl (C=O) groups excluding carboxylic acids is 1. The van der Waals surface area contributed by atoms with Crippen LogP contribution < -0.4 is 9.80 Å². The molecular formula is C15H20N2O2. The van der Waals surface area contributed by atoms with E-state index < -0.39 is 0 Å². The van der Waals surface area contributed by atoms with E-state index in [0.717, 1.165) is 32.3 Å². The molecule has 19 heavy (non-hydrogen) atoms. The average Bonchev–Trinajstić information content (AvgIpc) is 2.92. The molecule has 0 saturated carbocycles. The van der Waals surface area contributed by atoms with Crippen molar-refractivity contribution in [2.24, 2.45) is 5.41 Å². The number of fused-ring (bicyclic) bond motifs is 1. The molecule has 0 amide bonds. The number of carbonyl (C=O) groups is 1. The molecular weight excluding hydrogens is 240 g/mol. The van der Waals surface area contributed by atoms with E-state index >= 15 is 0 Å². The molecule has 4 nitrogen and oxygen atoms in total. The van der Waals surface area contributed by atoms with Gasteiger partial charge in [-0.3, -0.25) is 0 Å². The molecule has 2 aliphatic heterocycles. The largest absolute Gasteiger partial charge is 0.380 e. The molecule has 1 aromatic rings. The highest BCUT2D eigenvalue weighted by molar-refractivity contribution is 5.74. The van der Waals surface area contributed by atoms with Crippen LogP contribution in [0.1, 0.15) is 6.42 Å². The number of aldehydes is 1. The van der Waals surface area contributed by atoms with Gasteiger partial charge in [0, 0.05) is 33.3 Å². The Morgan fingerprint density at radius 2 is 2.11 bits per heavy atom. The van der Waals surface area contributed by atoms with Crippen LogP contribution >= 0.6 is 0 Å². The van der Waals surface area contributed by atoms with Gasteiger partial charge in [-0.05, 0) is 18.6 Å². The number of rotatable bonds is 3. The number of nitrogens with zero attached hydrogens (tertiary/aromatic N) is 2. The Bertz CT molecular complexity index is 469. The molecule has 102 valence electrons. The Morgan fingerprint density at radius 3 is 2.79 bits per heavy atom. The summed E-state index contributed by atoms with van der Waals surface area (Å²) in [7, 11) is 2.12. The highest BCUT2D eigenvalue weighted by Gasteiger charge is 2.37. The zero-order valence-corrected chi connectivity index (χ0v) is 11.3. The van der Waals surface area contributed by atoms with Gasteiger partial charge in [0.25, 0.3) is 0 Å². The molecule has 1 unspecified atom stereocenters. The smallest absolute Gasteiger partial charge is 0.130 e. The molecule has 1 aromatic carbocycles. The zero-order valence-electron chi connectivity index (χ0n) is 11.3. The Morgan fingerprint density at radius 1 is 1.32 bits per heavy atom. The number of anilines is 2. The van der Waals surface area contributed by atoms with Crippen LogP contribution in [-0.4, -0.2) is 46.2 Å². The van der Waals surface area contributed by atoms with Gasteiger partial charge in [0.2, 0.25) is 0 Å². The Balaban J connectivity index is 1.86. The summed E-state index contributed by atoms with van der Waals surface area (Å²) in [6.07, 6.45) is 1.94. The molecule has 1 atom stereocenters. The lowest BCUT2D eigenvalue weighted by atomic mass is 9.88. The molecule has 3 rings (SSSR count). The lowest BCUT2D eigenvalue weighted by molar-refractivity contribution is -0.115. The maximum absolute atomic E-state index is 11.5. The highest BCUT2D eigenvalue weighted by atomic mass is 16.5. The van der Waals surface area contributed by atoms with Gasteiger partial charge in [-0.25, -0.2) is 0 Å². The maximum Gasteiger partial charge on any atom is 0.130 e. The molecule has 1 saturated heterocycles. The molecule has 2 heterocycles. The third-order valence-corrected chi connectivity index (χ3v) is 4.23. The third-order valence-electron chi connectivity index (χ3n) is 4.23.